The average molecular weight is 785 g/mol. The number of hydrogen-bond donors (Lipinski definition) is 2. The summed E-state index contributed by atoms with van der Waals surface area (Å²) < 4.78 is 36.5. The van der Waals surface area contributed by atoms with Crippen molar-refractivity contribution in [3.8, 4) is 17.0 Å². The number of carbonyl (C=O) groups is 2. The zero-order valence-corrected chi connectivity index (χ0v) is 30.7. The van der Waals surface area contributed by atoms with Gasteiger partial charge in [0.2, 0.25) is 15.9 Å². The topological polar surface area (TPSA) is 110 Å². The summed E-state index contributed by atoms with van der Waals surface area (Å²) in [6, 6.07) is 12.2. The quantitative estimate of drug-likeness (QED) is 0.155. The van der Waals surface area contributed by atoms with Gasteiger partial charge >= 0.3 is 0 Å². The molecule has 256 valence electrons. The minimum absolute atomic E-state index is 0.0581. The van der Waals surface area contributed by atoms with Crippen molar-refractivity contribution in [1.82, 2.24) is 19.5 Å². The number of hydrogen-bond acceptors (Lipinski definition) is 6. The average Bonchev–Trinajstić information content (AvgIpc) is 3.58. The van der Waals surface area contributed by atoms with Crippen LogP contribution in [0.4, 0.5) is 0 Å². The number of rotatable bonds is 8. The highest BCUT2D eigenvalue weighted by atomic mass is 127. The summed E-state index contributed by atoms with van der Waals surface area (Å²) in [5.41, 5.74) is 5.37. The third kappa shape index (κ3) is 5.20. The fourth-order valence-corrected chi connectivity index (χ4v) is 11.8. The molecule has 11 heteroatoms. The fraction of sp³-hybridized carbons (Fsp3) is 0.568. The van der Waals surface area contributed by atoms with Gasteiger partial charge in [-0.3, -0.25) is 9.59 Å². The van der Waals surface area contributed by atoms with E-state index in [9.17, 15) is 18.0 Å². The van der Waals surface area contributed by atoms with E-state index in [0.29, 0.717) is 30.9 Å². The number of ether oxygens (including phenoxy) is 1. The van der Waals surface area contributed by atoms with Gasteiger partial charge in [-0.25, -0.2) is 13.1 Å². The summed E-state index contributed by atoms with van der Waals surface area (Å²) in [7, 11) is -0.0843. The van der Waals surface area contributed by atoms with Gasteiger partial charge in [-0.2, -0.15) is 0 Å². The zero-order chi connectivity index (χ0) is 33.4. The lowest BCUT2D eigenvalue weighted by Crippen LogP contribution is -2.48. The molecule has 4 unspecified atom stereocenters. The molecule has 3 heterocycles. The van der Waals surface area contributed by atoms with Crippen molar-refractivity contribution in [1.29, 1.82) is 0 Å². The van der Waals surface area contributed by atoms with Gasteiger partial charge in [0.15, 0.2) is 0 Å². The minimum Gasteiger partial charge on any atom is -0.497 e. The van der Waals surface area contributed by atoms with E-state index in [4.69, 9.17) is 4.74 Å². The first-order chi connectivity index (χ1) is 23.2. The largest absolute Gasteiger partial charge is 0.497 e. The van der Waals surface area contributed by atoms with Crippen molar-refractivity contribution in [3.05, 3.63) is 53.1 Å². The van der Waals surface area contributed by atoms with Gasteiger partial charge in [0, 0.05) is 47.1 Å². The summed E-state index contributed by atoms with van der Waals surface area (Å²) in [5.74, 6) is 0.839. The summed E-state index contributed by atoms with van der Waals surface area (Å²) in [6.45, 7) is 1.28. The van der Waals surface area contributed by atoms with E-state index in [-0.39, 0.29) is 21.9 Å². The monoisotopic (exact) mass is 784 g/mol. The van der Waals surface area contributed by atoms with E-state index < -0.39 is 26.6 Å². The number of amides is 2. The van der Waals surface area contributed by atoms with Crippen molar-refractivity contribution in [2.24, 2.45) is 5.41 Å². The Morgan fingerprint density at radius 2 is 1.79 bits per heavy atom. The molecule has 3 aromatic rings. The molecule has 0 radical (unpaired) electrons. The maximum Gasteiger partial charge on any atom is 0.264 e. The van der Waals surface area contributed by atoms with Crippen LogP contribution >= 0.6 is 22.6 Å². The number of alkyl halides is 1. The highest BCUT2D eigenvalue weighted by Gasteiger charge is 2.65. The van der Waals surface area contributed by atoms with Crippen LogP contribution in [0.15, 0.2) is 36.4 Å². The summed E-state index contributed by atoms with van der Waals surface area (Å²) >= 11 is 2.44. The van der Waals surface area contributed by atoms with Crippen molar-refractivity contribution < 1.29 is 22.7 Å². The molecular formula is C37H45IN4O5S. The number of benzene rings is 2. The Morgan fingerprint density at radius 3 is 2.50 bits per heavy atom. The molecule has 4 fully saturated rings. The van der Waals surface area contributed by atoms with E-state index in [1.807, 2.05) is 25.2 Å². The number of likely N-dealkylation sites (tertiary alicyclic amines) is 1. The van der Waals surface area contributed by atoms with Gasteiger partial charge in [0.25, 0.3) is 5.91 Å². The van der Waals surface area contributed by atoms with Crippen molar-refractivity contribution >= 4 is 55.3 Å². The smallest absolute Gasteiger partial charge is 0.264 e. The Labute approximate surface area is 296 Å². The minimum atomic E-state index is -3.73. The lowest BCUT2D eigenvalue weighted by molar-refractivity contribution is -0.138. The number of fused-ring (bicyclic) bond motifs is 7. The van der Waals surface area contributed by atoms with Crippen molar-refractivity contribution in [2.45, 2.75) is 104 Å². The highest BCUT2D eigenvalue weighted by molar-refractivity contribution is 14.1. The van der Waals surface area contributed by atoms with Gasteiger partial charge in [0.1, 0.15) is 5.75 Å². The molecule has 2 N–H and O–H groups in total. The molecule has 4 atom stereocenters. The number of aromatic nitrogens is 1. The Balaban J connectivity index is 1.31. The molecule has 1 saturated heterocycles. The second-order valence-electron chi connectivity index (χ2n) is 14.7. The third-order valence-corrected chi connectivity index (χ3v) is 15.1. The summed E-state index contributed by atoms with van der Waals surface area (Å²) in [4.78, 5) is 30.7. The second kappa shape index (κ2) is 12.3. The first kappa shape index (κ1) is 32.6. The molecule has 48 heavy (non-hydrogen) atoms. The Bertz CT molecular complexity index is 1900. The SMILES string of the molecule is CNCC1CCC(I)N1C(=O)C12CC1c1cc(OC)ccc1-c1c(C3CCCCC3)c3ccc(C(=O)NS(=O)(=O)C4CCC4)cc3n1C2. The summed E-state index contributed by atoms with van der Waals surface area (Å²) in [6.07, 6.45) is 10.6. The maximum absolute atomic E-state index is 15.0. The Hall–Kier alpha value is -2.64. The molecule has 2 aliphatic heterocycles. The molecule has 3 saturated carbocycles. The number of methoxy groups -OCH3 is 1. The zero-order valence-electron chi connectivity index (χ0n) is 27.8. The molecule has 8 rings (SSSR count). The predicted octanol–water partition coefficient (Wildman–Crippen LogP) is 6.44. The first-order valence-corrected chi connectivity index (χ1v) is 20.5. The molecule has 0 spiro atoms. The van der Waals surface area contributed by atoms with E-state index >= 15 is 0 Å². The van der Waals surface area contributed by atoms with E-state index in [0.717, 1.165) is 73.0 Å². The molecule has 9 nitrogen and oxygen atoms in total. The van der Waals surface area contributed by atoms with Crippen molar-refractivity contribution in [3.63, 3.8) is 0 Å². The normalized spacial score (nSPS) is 27.1. The van der Waals surface area contributed by atoms with Crippen LogP contribution in [0.3, 0.4) is 0 Å². The molecule has 3 aliphatic carbocycles. The molecule has 5 aliphatic rings. The van der Waals surface area contributed by atoms with Crippen LogP contribution in [0.25, 0.3) is 22.2 Å². The van der Waals surface area contributed by atoms with Crippen LogP contribution in [0.1, 0.15) is 104 Å². The number of nitrogens with one attached hydrogen (secondary N) is 2. The Kier molecular flexibility index (Phi) is 8.34. The van der Waals surface area contributed by atoms with E-state index in [1.54, 1.807) is 13.2 Å². The van der Waals surface area contributed by atoms with Crippen LogP contribution in [-0.2, 0) is 21.4 Å². The highest BCUT2D eigenvalue weighted by Crippen LogP contribution is 2.66. The molecule has 1 aromatic heterocycles. The van der Waals surface area contributed by atoms with E-state index in [2.05, 4.69) is 54.2 Å². The van der Waals surface area contributed by atoms with Gasteiger partial charge < -0.3 is 19.5 Å². The van der Waals surface area contributed by atoms with Gasteiger partial charge in [-0.15, -0.1) is 0 Å². The van der Waals surface area contributed by atoms with E-state index in [1.165, 1.54) is 30.4 Å². The lowest BCUT2D eigenvalue weighted by Gasteiger charge is -2.32. The molecular weight excluding hydrogens is 739 g/mol. The maximum atomic E-state index is 15.0. The lowest BCUT2D eigenvalue weighted by atomic mass is 9.81. The van der Waals surface area contributed by atoms with Gasteiger partial charge in [-0.1, -0.05) is 54.3 Å². The van der Waals surface area contributed by atoms with Gasteiger partial charge in [-0.05, 0) is 99.4 Å². The second-order valence-corrected chi connectivity index (χ2v) is 18.1. The van der Waals surface area contributed by atoms with Gasteiger partial charge in [0.05, 0.1) is 27.5 Å². The number of sulfonamides is 1. The predicted molar refractivity (Wildman–Crippen MR) is 195 cm³/mol. The number of carbonyl (C=O) groups excluding carboxylic acids is 2. The van der Waals surface area contributed by atoms with Crippen LogP contribution in [-0.4, -0.2) is 65.7 Å². The Morgan fingerprint density at radius 1 is 1.00 bits per heavy atom. The first-order valence-electron chi connectivity index (χ1n) is 17.7. The summed E-state index contributed by atoms with van der Waals surface area (Å²) in [5, 5.41) is 3.91. The third-order valence-electron chi connectivity index (χ3n) is 12.0. The molecule has 2 amide bonds. The fourth-order valence-electron chi connectivity index (χ4n) is 9.20. The number of halogens is 1. The van der Waals surface area contributed by atoms with Crippen LogP contribution in [0, 0.1) is 5.41 Å². The van der Waals surface area contributed by atoms with Crippen LogP contribution < -0.4 is 14.8 Å². The van der Waals surface area contributed by atoms with Crippen LogP contribution in [0.5, 0.6) is 5.75 Å². The number of likely N-dealkylation sites (N-methyl/N-ethyl adjacent to an activating group) is 1. The van der Waals surface area contributed by atoms with Crippen LogP contribution in [0.2, 0.25) is 0 Å². The molecule has 2 aromatic carbocycles. The standard InChI is InChI=1S/C37H45IN4O5S/c1-39-20-24-12-16-32(38)42(24)36(44)37-19-30(37)29-18-25(47-2)13-15-27(29)34-33(22-7-4-3-5-8-22)28-14-11-23(17-31(28)41(34)21-37)35(43)40-48(45,46)26-9-6-10-26/h11,13-15,17-18,22,24,26,30,32,39H,3-10,12,16,19-21H2,1-2H3,(H,40,43). The number of nitrogens with zero attached hydrogens (tertiary/aromatic N) is 2. The van der Waals surface area contributed by atoms with Crippen molar-refractivity contribution in [2.75, 3.05) is 20.7 Å². The molecule has 0 bridgehead atoms.